The van der Waals surface area contributed by atoms with Crippen LogP contribution in [0.3, 0.4) is 0 Å². The Morgan fingerprint density at radius 1 is 0.952 bits per heavy atom. The van der Waals surface area contributed by atoms with Crippen LogP contribution >= 0.6 is 0 Å². The zero-order valence-corrected chi connectivity index (χ0v) is 23.8. The molecule has 0 unspecified atom stereocenters. The number of carbonyl (C=O) groups is 1. The van der Waals surface area contributed by atoms with Gasteiger partial charge in [0, 0.05) is 67.3 Å². The predicted molar refractivity (Wildman–Crippen MR) is 145 cm³/mol. The third-order valence-electron chi connectivity index (χ3n) is 8.80. The summed E-state index contributed by atoms with van der Waals surface area (Å²) in [4.78, 5) is 18.0. The van der Waals surface area contributed by atoms with Gasteiger partial charge in [-0.05, 0) is 71.0 Å². The van der Waals surface area contributed by atoms with E-state index in [1.807, 2.05) is 4.68 Å². The lowest BCUT2D eigenvalue weighted by molar-refractivity contribution is -0.308. The third kappa shape index (κ3) is 6.35. The molecule has 3 saturated heterocycles. The normalized spacial score (nSPS) is 20.0. The number of halogens is 6. The van der Waals surface area contributed by atoms with Crippen molar-refractivity contribution in [3.63, 3.8) is 0 Å². The minimum Gasteiger partial charge on any atom is -0.426 e. The Bertz CT molecular complexity index is 1230. The highest BCUT2D eigenvalue weighted by Crippen LogP contribution is 2.42. The topological polar surface area (TPSA) is 53.8 Å². The van der Waals surface area contributed by atoms with Crippen molar-refractivity contribution in [1.29, 1.82) is 0 Å². The summed E-state index contributed by atoms with van der Waals surface area (Å²) in [6.45, 7) is 7.64. The molecular weight excluding hydrogens is 564 g/mol. The lowest BCUT2D eigenvalue weighted by atomic mass is 9.85. The van der Waals surface area contributed by atoms with Crippen molar-refractivity contribution < 1.29 is 35.9 Å². The Labute approximate surface area is 241 Å². The number of amides is 1. The Hall–Kier alpha value is -2.96. The van der Waals surface area contributed by atoms with E-state index in [2.05, 4.69) is 58.8 Å². The van der Waals surface area contributed by atoms with E-state index in [-0.39, 0.29) is 24.7 Å². The van der Waals surface area contributed by atoms with Gasteiger partial charge < -0.3 is 14.5 Å². The molecule has 0 atom stereocenters. The minimum absolute atomic E-state index is 0.0216. The van der Waals surface area contributed by atoms with Crippen LogP contribution in [-0.4, -0.2) is 82.4 Å². The van der Waals surface area contributed by atoms with Gasteiger partial charge in [0.25, 0.3) is 6.10 Å². The van der Waals surface area contributed by atoms with Crippen LogP contribution in [0.15, 0.2) is 30.5 Å². The first-order valence-electron chi connectivity index (χ1n) is 14.5. The summed E-state index contributed by atoms with van der Waals surface area (Å²) in [6.07, 6.45) is -10.2. The van der Waals surface area contributed by atoms with Gasteiger partial charge in [0.2, 0.25) is 0 Å². The van der Waals surface area contributed by atoms with Gasteiger partial charge in [0.05, 0.1) is 5.69 Å². The molecule has 2 aromatic rings. The summed E-state index contributed by atoms with van der Waals surface area (Å²) in [5.41, 5.74) is 3.86. The van der Waals surface area contributed by atoms with E-state index < -0.39 is 24.5 Å². The second-order valence-electron chi connectivity index (χ2n) is 11.9. The SMILES string of the molecule is CC(C)n1cc(CN2CCCC23CCN(C(=O)OC(C(F)(F)F)C(F)(F)F)CC3)c(-c2cccc(N3CCCC3)c2)n1. The molecule has 0 aliphatic carbocycles. The third-order valence-corrected chi connectivity index (χ3v) is 8.80. The van der Waals surface area contributed by atoms with E-state index in [9.17, 15) is 31.1 Å². The Morgan fingerprint density at radius 2 is 1.62 bits per heavy atom. The summed E-state index contributed by atoms with van der Waals surface area (Å²) in [7, 11) is 0. The Kier molecular flexibility index (Phi) is 8.43. The molecule has 3 aliphatic heterocycles. The molecule has 7 nitrogen and oxygen atoms in total. The van der Waals surface area contributed by atoms with Gasteiger partial charge in [-0.1, -0.05) is 12.1 Å². The van der Waals surface area contributed by atoms with Crippen molar-refractivity contribution >= 4 is 11.8 Å². The van der Waals surface area contributed by atoms with Gasteiger partial charge in [-0.3, -0.25) is 9.58 Å². The van der Waals surface area contributed by atoms with E-state index in [4.69, 9.17) is 5.10 Å². The average Bonchev–Trinajstić information content (AvgIpc) is 3.68. The van der Waals surface area contributed by atoms with Crippen LogP contribution in [0.2, 0.25) is 0 Å². The number of ether oxygens (including phenoxy) is 1. The van der Waals surface area contributed by atoms with Crippen molar-refractivity contribution in [2.45, 2.75) is 89.0 Å². The van der Waals surface area contributed by atoms with Crippen molar-refractivity contribution in [3.05, 3.63) is 36.0 Å². The summed E-state index contributed by atoms with van der Waals surface area (Å²) < 4.78 is 83.4. The molecule has 13 heteroatoms. The maximum atomic E-state index is 12.9. The van der Waals surface area contributed by atoms with Crippen molar-refractivity contribution in [2.75, 3.05) is 37.6 Å². The summed E-state index contributed by atoms with van der Waals surface area (Å²) in [5, 5.41) is 4.94. The quantitative estimate of drug-likeness (QED) is 0.342. The molecule has 4 heterocycles. The molecule has 3 aliphatic rings. The number of piperidine rings is 1. The molecule has 0 radical (unpaired) electrons. The number of alkyl halides is 6. The van der Waals surface area contributed by atoms with Crippen molar-refractivity contribution in [2.24, 2.45) is 0 Å². The van der Waals surface area contributed by atoms with Crippen LogP contribution < -0.4 is 4.90 Å². The van der Waals surface area contributed by atoms with E-state index >= 15 is 0 Å². The number of likely N-dealkylation sites (tertiary alicyclic amines) is 2. The molecule has 42 heavy (non-hydrogen) atoms. The fourth-order valence-electron chi connectivity index (χ4n) is 6.49. The number of rotatable bonds is 6. The maximum Gasteiger partial charge on any atom is 0.434 e. The molecule has 0 bridgehead atoms. The highest BCUT2D eigenvalue weighted by molar-refractivity contribution is 5.69. The fourth-order valence-corrected chi connectivity index (χ4v) is 6.49. The van der Waals surface area contributed by atoms with Crippen LogP contribution in [-0.2, 0) is 11.3 Å². The first-order valence-corrected chi connectivity index (χ1v) is 14.5. The summed E-state index contributed by atoms with van der Waals surface area (Å²) >= 11 is 0. The molecule has 3 fully saturated rings. The summed E-state index contributed by atoms with van der Waals surface area (Å²) in [5.74, 6) is 0. The van der Waals surface area contributed by atoms with E-state index in [1.54, 1.807) is 0 Å². The highest BCUT2D eigenvalue weighted by atomic mass is 19.4. The fraction of sp³-hybridized carbons (Fsp3) is 0.655. The van der Waals surface area contributed by atoms with Gasteiger partial charge in [0.1, 0.15) is 0 Å². The van der Waals surface area contributed by atoms with Gasteiger partial charge in [0.15, 0.2) is 0 Å². The van der Waals surface area contributed by atoms with Gasteiger partial charge in [-0.15, -0.1) is 0 Å². The number of benzene rings is 1. The number of nitrogens with zero attached hydrogens (tertiary/aromatic N) is 5. The van der Waals surface area contributed by atoms with Crippen molar-refractivity contribution in [3.8, 4) is 11.3 Å². The van der Waals surface area contributed by atoms with E-state index in [0.717, 1.165) is 54.2 Å². The van der Waals surface area contributed by atoms with E-state index in [0.29, 0.717) is 19.4 Å². The lowest BCUT2D eigenvalue weighted by Gasteiger charge is -2.45. The van der Waals surface area contributed by atoms with Crippen LogP contribution in [0.4, 0.5) is 36.8 Å². The number of hydrogen-bond acceptors (Lipinski definition) is 5. The molecule has 1 amide bonds. The smallest absolute Gasteiger partial charge is 0.426 e. The second-order valence-corrected chi connectivity index (χ2v) is 11.9. The van der Waals surface area contributed by atoms with Crippen LogP contribution in [0.5, 0.6) is 0 Å². The van der Waals surface area contributed by atoms with Gasteiger partial charge in [-0.2, -0.15) is 31.4 Å². The van der Waals surface area contributed by atoms with E-state index in [1.165, 1.54) is 18.5 Å². The standard InChI is InChI=1S/C29H37F6N5O2/c1-20(2)40-19-22(24(36-40)21-7-5-8-23(17-21)37-12-3-4-13-37)18-39-14-6-9-27(39)10-15-38(16-11-27)26(41)42-25(28(30,31)32)29(33,34)35/h5,7-8,17,19-20,25H,3-4,6,9-16,18H2,1-2H3. The molecule has 1 aromatic heterocycles. The molecule has 0 N–H and O–H groups in total. The van der Waals surface area contributed by atoms with Gasteiger partial charge >= 0.3 is 18.4 Å². The van der Waals surface area contributed by atoms with Crippen LogP contribution in [0.1, 0.15) is 64.0 Å². The zero-order chi connectivity index (χ0) is 30.3. The Balaban J connectivity index is 1.31. The van der Waals surface area contributed by atoms with Gasteiger partial charge in [-0.25, -0.2) is 4.79 Å². The number of hydrogen-bond donors (Lipinski definition) is 0. The molecule has 1 aromatic carbocycles. The molecule has 5 rings (SSSR count). The summed E-state index contributed by atoms with van der Waals surface area (Å²) in [6, 6.07) is 8.57. The average molecular weight is 602 g/mol. The monoisotopic (exact) mass is 601 g/mol. The first kappa shape index (κ1) is 30.5. The first-order chi connectivity index (χ1) is 19.8. The second kappa shape index (κ2) is 11.6. The molecule has 1 spiro atoms. The highest BCUT2D eigenvalue weighted by Gasteiger charge is 2.60. The number of aromatic nitrogens is 2. The largest absolute Gasteiger partial charge is 0.434 e. The molecule has 0 saturated carbocycles. The van der Waals surface area contributed by atoms with Crippen molar-refractivity contribution in [1.82, 2.24) is 19.6 Å². The molecular formula is C29H37F6N5O2. The van der Waals surface area contributed by atoms with Crippen LogP contribution in [0, 0.1) is 0 Å². The number of carbonyl (C=O) groups excluding carboxylic acids is 1. The minimum atomic E-state index is -5.74. The number of anilines is 1. The molecule has 232 valence electrons. The van der Waals surface area contributed by atoms with Crippen LogP contribution in [0.25, 0.3) is 11.3 Å². The lowest BCUT2D eigenvalue weighted by Crippen LogP contribution is -2.54. The Morgan fingerprint density at radius 3 is 2.24 bits per heavy atom. The maximum absolute atomic E-state index is 12.9. The predicted octanol–water partition coefficient (Wildman–Crippen LogP) is 6.79. The zero-order valence-electron chi connectivity index (χ0n) is 23.8.